The molecule has 0 saturated heterocycles. The van der Waals surface area contributed by atoms with Gasteiger partial charge in [0.25, 0.3) is 5.69 Å². The second-order valence-corrected chi connectivity index (χ2v) is 5.25. The second kappa shape index (κ2) is 5.96. The molecule has 1 heterocycles. The molecule has 1 aromatic rings. The number of halogens is 1. The Balaban J connectivity index is 3.13. The van der Waals surface area contributed by atoms with E-state index in [9.17, 15) is 14.9 Å². The van der Waals surface area contributed by atoms with Crippen molar-refractivity contribution in [2.75, 3.05) is 5.32 Å². The second-order valence-electron chi connectivity index (χ2n) is 4.46. The number of nitrogens with zero attached hydrogens (tertiary/aromatic N) is 2. The monoisotopic (exact) mass is 330 g/mol. The van der Waals surface area contributed by atoms with Crippen LogP contribution in [-0.2, 0) is 4.79 Å². The van der Waals surface area contributed by atoms with E-state index in [1.807, 2.05) is 13.8 Å². The first-order valence-corrected chi connectivity index (χ1v) is 6.40. The molecular formula is C11H15BrN4O3. The van der Waals surface area contributed by atoms with Crippen LogP contribution in [0.4, 0.5) is 11.5 Å². The van der Waals surface area contributed by atoms with Crippen LogP contribution in [0.2, 0.25) is 0 Å². The third-order valence-corrected chi connectivity index (χ3v) is 3.67. The van der Waals surface area contributed by atoms with Crippen LogP contribution in [0.25, 0.3) is 0 Å². The summed E-state index contributed by atoms with van der Waals surface area (Å²) in [6.07, 6.45) is 1.15. The van der Waals surface area contributed by atoms with Crippen LogP contribution < -0.4 is 11.1 Å². The zero-order valence-corrected chi connectivity index (χ0v) is 12.4. The fourth-order valence-electron chi connectivity index (χ4n) is 1.57. The molecule has 1 rings (SSSR count). The Kier molecular flexibility index (Phi) is 4.82. The largest absolute Gasteiger partial charge is 0.368 e. The summed E-state index contributed by atoms with van der Waals surface area (Å²) in [5, 5.41) is 13.7. The van der Waals surface area contributed by atoms with Gasteiger partial charge in [-0.25, -0.2) is 4.98 Å². The number of hydrogen-bond acceptors (Lipinski definition) is 5. The molecule has 0 aliphatic carbocycles. The first-order valence-electron chi connectivity index (χ1n) is 5.61. The van der Waals surface area contributed by atoms with E-state index in [2.05, 4.69) is 26.2 Å². The molecule has 0 fully saturated rings. The first-order chi connectivity index (χ1) is 8.75. The first kappa shape index (κ1) is 15.4. The number of anilines is 1. The fourth-order valence-corrected chi connectivity index (χ4v) is 1.99. The normalized spacial score (nSPS) is 12.3. The number of primary amides is 1. The van der Waals surface area contributed by atoms with Crippen LogP contribution in [-0.4, -0.2) is 21.9 Å². The Morgan fingerprint density at radius 1 is 1.58 bits per heavy atom. The number of amides is 1. The fraction of sp³-hybridized carbons (Fsp3) is 0.455. The summed E-state index contributed by atoms with van der Waals surface area (Å²) >= 11 is 3.24. The Bertz CT molecular complexity index is 519. The van der Waals surface area contributed by atoms with Gasteiger partial charge in [0.15, 0.2) is 0 Å². The summed E-state index contributed by atoms with van der Waals surface area (Å²) in [5.41, 5.74) is 5.65. The van der Waals surface area contributed by atoms with Gasteiger partial charge in [-0.15, -0.1) is 0 Å². The SMILES string of the molecule is Cc1c([N+](=O)[O-])cnc(NC(C(N)=O)C(C)C)c1Br. The average Bonchev–Trinajstić information content (AvgIpc) is 2.29. The minimum atomic E-state index is -0.593. The molecule has 19 heavy (non-hydrogen) atoms. The van der Waals surface area contributed by atoms with Crippen molar-refractivity contribution in [1.29, 1.82) is 0 Å². The molecule has 0 aliphatic heterocycles. The molecule has 0 bridgehead atoms. The van der Waals surface area contributed by atoms with Gasteiger partial charge < -0.3 is 11.1 Å². The van der Waals surface area contributed by atoms with Gasteiger partial charge in [-0.1, -0.05) is 13.8 Å². The average molecular weight is 331 g/mol. The van der Waals surface area contributed by atoms with E-state index in [1.54, 1.807) is 6.92 Å². The number of hydrogen-bond donors (Lipinski definition) is 2. The maximum Gasteiger partial charge on any atom is 0.291 e. The van der Waals surface area contributed by atoms with Crippen molar-refractivity contribution < 1.29 is 9.72 Å². The number of rotatable bonds is 5. The zero-order chi connectivity index (χ0) is 14.7. The lowest BCUT2D eigenvalue weighted by molar-refractivity contribution is -0.385. The predicted molar refractivity (Wildman–Crippen MR) is 74.8 cm³/mol. The van der Waals surface area contributed by atoms with Crippen LogP contribution in [0, 0.1) is 23.0 Å². The number of carbonyl (C=O) groups is 1. The number of nitro groups is 1. The van der Waals surface area contributed by atoms with Gasteiger partial charge in [-0.3, -0.25) is 14.9 Å². The van der Waals surface area contributed by atoms with Crippen LogP contribution in [0.15, 0.2) is 10.7 Å². The predicted octanol–water partition coefficient (Wildman–Crippen LogP) is 1.98. The van der Waals surface area contributed by atoms with E-state index in [4.69, 9.17) is 5.73 Å². The van der Waals surface area contributed by atoms with E-state index in [0.717, 1.165) is 6.20 Å². The molecule has 1 aromatic heterocycles. The molecule has 0 spiro atoms. The number of nitrogens with two attached hydrogens (primary N) is 1. The highest BCUT2D eigenvalue weighted by molar-refractivity contribution is 9.10. The van der Waals surface area contributed by atoms with Gasteiger partial charge in [0.2, 0.25) is 5.91 Å². The quantitative estimate of drug-likeness (QED) is 0.633. The van der Waals surface area contributed by atoms with E-state index in [0.29, 0.717) is 15.9 Å². The van der Waals surface area contributed by atoms with E-state index in [-0.39, 0.29) is 11.6 Å². The molecular weight excluding hydrogens is 316 g/mol. The molecule has 0 saturated carbocycles. The maximum absolute atomic E-state index is 11.3. The van der Waals surface area contributed by atoms with Crippen molar-refractivity contribution in [1.82, 2.24) is 4.98 Å². The van der Waals surface area contributed by atoms with E-state index in [1.165, 1.54) is 0 Å². The lowest BCUT2D eigenvalue weighted by atomic mass is 10.0. The van der Waals surface area contributed by atoms with Crippen molar-refractivity contribution >= 4 is 33.3 Å². The van der Waals surface area contributed by atoms with Crippen LogP contribution >= 0.6 is 15.9 Å². The molecule has 0 aromatic carbocycles. The Labute approximate surface area is 118 Å². The van der Waals surface area contributed by atoms with Crippen LogP contribution in [0.1, 0.15) is 19.4 Å². The number of pyridine rings is 1. The van der Waals surface area contributed by atoms with Crippen LogP contribution in [0.3, 0.4) is 0 Å². The summed E-state index contributed by atoms with van der Waals surface area (Å²) in [7, 11) is 0. The third-order valence-electron chi connectivity index (χ3n) is 2.70. The molecule has 7 nitrogen and oxygen atoms in total. The zero-order valence-electron chi connectivity index (χ0n) is 10.8. The van der Waals surface area contributed by atoms with Gasteiger partial charge >= 0.3 is 0 Å². The molecule has 3 N–H and O–H groups in total. The van der Waals surface area contributed by atoms with Crippen molar-refractivity contribution in [3.63, 3.8) is 0 Å². The molecule has 8 heteroatoms. The third kappa shape index (κ3) is 3.40. The van der Waals surface area contributed by atoms with Gasteiger partial charge in [0.05, 0.1) is 9.40 Å². The van der Waals surface area contributed by atoms with Crippen LogP contribution in [0.5, 0.6) is 0 Å². The minimum absolute atomic E-state index is 0.0262. The molecule has 1 unspecified atom stereocenters. The van der Waals surface area contributed by atoms with Gasteiger partial charge in [0.1, 0.15) is 18.1 Å². The minimum Gasteiger partial charge on any atom is -0.368 e. The molecule has 0 aliphatic rings. The smallest absolute Gasteiger partial charge is 0.291 e. The highest BCUT2D eigenvalue weighted by Crippen LogP contribution is 2.31. The molecule has 1 atom stereocenters. The summed E-state index contributed by atoms with van der Waals surface area (Å²) in [6.45, 7) is 5.28. The molecule has 104 valence electrons. The number of carbonyl (C=O) groups excluding carboxylic acids is 1. The summed E-state index contributed by atoms with van der Waals surface area (Å²) in [5.74, 6) is -0.165. The summed E-state index contributed by atoms with van der Waals surface area (Å²) < 4.78 is 0.452. The van der Waals surface area contributed by atoms with E-state index < -0.39 is 16.9 Å². The van der Waals surface area contributed by atoms with Gasteiger partial charge in [-0.05, 0) is 28.8 Å². The van der Waals surface area contributed by atoms with Crippen molar-refractivity contribution in [3.05, 3.63) is 26.3 Å². The Morgan fingerprint density at radius 3 is 2.58 bits per heavy atom. The topological polar surface area (TPSA) is 111 Å². The highest BCUT2D eigenvalue weighted by Gasteiger charge is 2.23. The van der Waals surface area contributed by atoms with E-state index >= 15 is 0 Å². The summed E-state index contributed by atoms with van der Waals surface area (Å²) in [6, 6.07) is -0.593. The standard InChI is InChI=1S/C11H15BrN4O3/c1-5(2)9(10(13)17)15-11-8(12)6(3)7(4-14-11)16(18)19/h4-5,9H,1-3H3,(H2,13,17)(H,14,15). The molecule has 1 amide bonds. The van der Waals surface area contributed by atoms with Gasteiger partial charge in [0, 0.05) is 5.56 Å². The highest BCUT2D eigenvalue weighted by atomic mass is 79.9. The lowest BCUT2D eigenvalue weighted by Crippen LogP contribution is -2.39. The Hall–Kier alpha value is -1.70. The van der Waals surface area contributed by atoms with Crippen molar-refractivity contribution in [2.45, 2.75) is 26.8 Å². The number of nitrogens with one attached hydrogen (secondary N) is 1. The summed E-state index contributed by atoms with van der Waals surface area (Å²) in [4.78, 5) is 25.5. The maximum atomic E-state index is 11.3. The van der Waals surface area contributed by atoms with Crippen molar-refractivity contribution in [2.24, 2.45) is 11.7 Å². The molecule has 0 radical (unpaired) electrons. The number of aromatic nitrogens is 1. The van der Waals surface area contributed by atoms with Gasteiger partial charge in [-0.2, -0.15) is 0 Å². The lowest BCUT2D eigenvalue weighted by Gasteiger charge is -2.20. The Morgan fingerprint density at radius 2 is 2.16 bits per heavy atom. The van der Waals surface area contributed by atoms with Crippen molar-refractivity contribution in [3.8, 4) is 0 Å².